The first kappa shape index (κ1) is 18.5. The Hall–Kier alpha value is -4.02. The van der Waals surface area contributed by atoms with Crippen LogP contribution in [0.1, 0.15) is 5.56 Å². The van der Waals surface area contributed by atoms with E-state index < -0.39 is 0 Å². The van der Waals surface area contributed by atoms with Crippen LogP contribution in [0.3, 0.4) is 0 Å². The number of hydrogen-bond donors (Lipinski definition) is 0. The molecule has 0 spiro atoms. The first-order valence-corrected chi connectivity index (χ1v) is 11.8. The van der Waals surface area contributed by atoms with Crippen LogP contribution in [-0.4, -0.2) is 14.5 Å². The monoisotopic (exact) mass is 441 g/mol. The molecule has 0 aliphatic carbocycles. The highest BCUT2D eigenvalue weighted by Crippen LogP contribution is 2.40. The fourth-order valence-corrected chi connectivity index (χ4v) is 5.89. The topological polar surface area (TPSA) is 30.7 Å². The summed E-state index contributed by atoms with van der Waals surface area (Å²) in [5, 5.41) is 3.74. The minimum atomic E-state index is 0.919. The molecule has 0 aliphatic rings. The highest BCUT2D eigenvalue weighted by molar-refractivity contribution is 7.25. The average molecular weight is 442 g/mol. The molecule has 33 heavy (non-hydrogen) atoms. The molecule has 0 saturated heterocycles. The molecule has 0 bridgehead atoms. The van der Waals surface area contributed by atoms with Gasteiger partial charge in [-0.2, -0.15) is 0 Å². The summed E-state index contributed by atoms with van der Waals surface area (Å²) in [5.41, 5.74) is 6.67. The summed E-state index contributed by atoms with van der Waals surface area (Å²) in [6, 6.07) is 30.1. The van der Waals surface area contributed by atoms with E-state index in [1.807, 2.05) is 35.9 Å². The van der Waals surface area contributed by atoms with Gasteiger partial charge < -0.3 is 0 Å². The lowest BCUT2D eigenvalue weighted by molar-refractivity contribution is 1.07. The first-order valence-electron chi connectivity index (χ1n) is 11.0. The summed E-state index contributed by atoms with van der Waals surface area (Å²) in [6.07, 6.45) is 3.87. The number of fused-ring (bicyclic) bond motifs is 6. The molecule has 7 rings (SSSR count). The Labute approximate surface area is 194 Å². The van der Waals surface area contributed by atoms with Crippen molar-refractivity contribution >= 4 is 53.4 Å². The van der Waals surface area contributed by atoms with Gasteiger partial charge in [0.05, 0.1) is 16.6 Å². The molecule has 4 heteroatoms. The number of rotatable bonds is 2. The smallest absolute Gasteiger partial charge is 0.137 e. The van der Waals surface area contributed by atoms with Crippen molar-refractivity contribution < 1.29 is 0 Å². The van der Waals surface area contributed by atoms with Gasteiger partial charge in [0.2, 0.25) is 0 Å². The Morgan fingerprint density at radius 3 is 2.39 bits per heavy atom. The number of thiophene rings is 1. The number of nitrogens with zero attached hydrogens (tertiary/aromatic N) is 3. The summed E-state index contributed by atoms with van der Waals surface area (Å²) in [5.74, 6) is 0.919. The third-order valence-electron chi connectivity index (χ3n) is 6.34. The van der Waals surface area contributed by atoms with Gasteiger partial charge in [-0.1, -0.05) is 48.5 Å². The van der Waals surface area contributed by atoms with Crippen molar-refractivity contribution in [3.05, 3.63) is 103 Å². The van der Waals surface area contributed by atoms with Crippen LogP contribution in [0.15, 0.2) is 97.3 Å². The van der Waals surface area contributed by atoms with Crippen molar-refractivity contribution in [1.82, 2.24) is 14.5 Å². The lowest BCUT2D eigenvalue weighted by Crippen LogP contribution is -1.97. The van der Waals surface area contributed by atoms with Crippen LogP contribution in [0.25, 0.3) is 59.1 Å². The molecule has 4 aromatic heterocycles. The van der Waals surface area contributed by atoms with Gasteiger partial charge in [0.15, 0.2) is 0 Å². The molecule has 156 valence electrons. The molecule has 0 saturated carbocycles. The Morgan fingerprint density at radius 2 is 1.52 bits per heavy atom. The van der Waals surface area contributed by atoms with Gasteiger partial charge in [0, 0.05) is 43.5 Å². The van der Waals surface area contributed by atoms with Crippen LogP contribution in [0, 0.1) is 6.92 Å². The molecule has 0 fully saturated rings. The molecule has 0 amide bonds. The minimum Gasteiger partial charge on any atom is -0.292 e. The van der Waals surface area contributed by atoms with Crippen LogP contribution < -0.4 is 0 Å². The predicted octanol–water partition coefficient (Wildman–Crippen LogP) is 7.92. The third kappa shape index (κ3) is 2.81. The lowest BCUT2D eigenvalue weighted by atomic mass is 10.1. The molecule has 7 aromatic rings. The van der Waals surface area contributed by atoms with Gasteiger partial charge in [-0.05, 0) is 54.4 Å². The second-order valence-corrected chi connectivity index (χ2v) is 9.53. The summed E-state index contributed by atoms with van der Waals surface area (Å²) in [4.78, 5) is 9.73. The van der Waals surface area contributed by atoms with Crippen molar-refractivity contribution in [3.63, 3.8) is 0 Å². The maximum atomic E-state index is 4.98. The molecule has 0 N–H and O–H groups in total. The van der Waals surface area contributed by atoms with Crippen LogP contribution in [0.5, 0.6) is 0 Å². The zero-order chi connectivity index (χ0) is 21.9. The predicted molar refractivity (Wildman–Crippen MR) is 139 cm³/mol. The van der Waals surface area contributed by atoms with Crippen LogP contribution >= 0.6 is 11.3 Å². The second kappa shape index (κ2) is 6.99. The molecule has 0 unspecified atom stereocenters. The molecule has 4 heterocycles. The van der Waals surface area contributed by atoms with Crippen LogP contribution in [0.4, 0.5) is 0 Å². The van der Waals surface area contributed by atoms with Crippen molar-refractivity contribution in [3.8, 4) is 16.9 Å². The highest BCUT2D eigenvalue weighted by atomic mass is 32.1. The number of pyridine rings is 2. The van der Waals surface area contributed by atoms with E-state index in [-0.39, 0.29) is 0 Å². The average Bonchev–Trinajstić information content (AvgIpc) is 3.37. The summed E-state index contributed by atoms with van der Waals surface area (Å²) >= 11 is 1.84. The maximum Gasteiger partial charge on any atom is 0.137 e. The second-order valence-electron chi connectivity index (χ2n) is 8.45. The number of benzene rings is 3. The summed E-state index contributed by atoms with van der Waals surface area (Å²) in [6.45, 7) is 2.11. The van der Waals surface area contributed by atoms with E-state index in [2.05, 4.69) is 84.3 Å². The van der Waals surface area contributed by atoms with Gasteiger partial charge >= 0.3 is 0 Å². The molecular formula is C29H19N3S. The van der Waals surface area contributed by atoms with Gasteiger partial charge in [0.1, 0.15) is 5.82 Å². The Kier molecular flexibility index (Phi) is 3.93. The zero-order valence-corrected chi connectivity index (χ0v) is 18.8. The lowest BCUT2D eigenvalue weighted by Gasteiger charge is -2.08. The molecule has 0 aliphatic heterocycles. The van der Waals surface area contributed by atoms with Gasteiger partial charge in [-0.3, -0.25) is 9.55 Å². The highest BCUT2D eigenvalue weighted by Gasteiger charge is 2.18. The van der Waals surface area contributed by atoms with Crippen molar-refractivity contribution in [2.45, 2.75) is 6.92 Å². The van der Waals surface area contributed by atoms with E-state index >= 15 is 0 Å². The molecule has 3 aromatic carbocycles. The van der Waals surface area contributed by atoms with Crippen LogP contribution in [-0.2, 0) is 0 Å². The number of aryl methyl sites for hydroxylation is 1. The SMILES string of the molecule is Cc1ccnc(-n2c3cc4sc5ccccc5c4cc3c3ncc(-c4ccccc4)cc32)c1. The maximum absolute atomic E-state index is 4.98. The zero-order valence-electron chi connectivity index (χ0n) is 18.0. The molecular weight excluding hydrogens is 422 g/mol. The van der Waals surface area contributed by atoms with E-state index in [4.69, 9.17) is 9.97 Å². The van der Waals surface area contributed by atoms with Gasteiger partial charge in [0.25, 0.3) is 0 Å². The Balaban J connectivity index is 1.63. The van der Waals surface area contributed by atoms with Gasteiger partial charge in [-0.15, -0.1) is 11.3 Å². The van der Waals surface area contributed by atoms with E-state index in [0.717, 1.165) is 38.9 Å². The van der Waals surface area contributed by atoms with Gasteiger partial charge in [-0.25, -0.2) is 4.98 Å². The molecule has 3 nitrogen and oxygen atoms in total. The quantitative estimate of drug-likeness (QED) is 0.273. The van der Waals surface area contributed by atoms with Crippen molar-refractivity contribution in [2.75, 3.05) is 0 Å². The van der Waals surface area contributed by atoms with E-state index in [0.29, 0.717) is 0 Å². The summed E-state index contributed by atoms with van der Waals surface area (Å²) in [7, 11) is 0. The standard InChI is InChI=1S/C29H19N3S/c1-18-11-12-30-28(13-18)32-24-16-27-22(21-9-5-6-10-26(21)33-27)15-23(24)29-25(32)14-20(17-31-29)19-7-3-2-4-8-19/h2-17H,1H3. The van der Waals surface area contributed by atoms with Crippen molar-refractivity contribution in [2.24, 2.45) is 0 Å². The van der Waals surface area contributed by atoms with E-state index in [9.17, 15) is 0 Å². The number of aromatic nitrogens is 3. The summed E-state index contributed by atoms with van der Waals surface area (Å²) < 4.78 is 4.86. The Bertz CT molecular complexity index is 1830. The van der Waals surface area contributed by atoms with E-state index in [1.54, 1.807) is 0 Å². The fraction of sp³-hybridized carbons (Fsp3) is 0.0345. The Morgan fingerprint density at radius 1 is 0.667 bits per heavy atom. The molecule has 0 radical (unpaired) electrons. The largest absolute Gasteiger partial charge is 0.292 e. The third-order valence-corrected chi connectivity index (χ3v) is 7.47. The van der Waals surface area contributed by atoms with Crippen LogP contribution in [0.2, 0.25) is 0 Å². The molecule has 0 atom stereocenters. The van der Waals surface area contributed by atoms with E-state index in [1.165, 1.54) is 25.7 Å². The minimum absolute atomic E-state index is 0.919. The van der Waals surface area contributed by atoms with Crippen molar-refractivity contribution in [1.29, 1.82) is 0 Å². The first-order chi connectivity index (χ1) is 16.3. The fourth-order valence-electron chi connectivity index (χ4n) is 4.77. The number of hydrogen-bond acceptors (Lipinski definition) is 3. The normalized spacial score (nSPS) is 11.8.